The Bertz CT molecular complexity index is 763. The van der Waals surface area contributed by atoms with Crippen LogP contribution in [0.15, 0.2) is 12.1 Å². The van der Waals surface area contributed by atoms with Gasteiger partial charge in [-0.1, -0.05) is 29.1 Å². The number of methoxy groups -OCH3 is 1. The van der Waals surface area contributed by atoms with Gasteiger partial charge in [0, 0.05) is 28.3 Å². The number of ketones is 1. The van der Waals surface area contributed by atoms with E-state index in [1.807, 2.05) is 0 Å². The highest BCUT2D eigenvalue weighted by atomic mass is 35.5. The Kier molecular flexibility index (Phi) is 5.11. The maximum atomic E-state index is 13.1. The number of carbonyl (C=O) groups is 2. The zero-order chi connectivity index (χ0) is 18.2. The summed E-state index contributed by atoms with van der Waals surface area (Å²) in [5, 5.41) is 3.50. The molecule has 1 saturated heterocycles. The molecule has 2 fully saturated rings. The first-order chi connectivity index (χ1) is 11.9. The second kappa shape index (κ2) is 6.99. The van der Waals surface area contributed by atoms with Crippen molar-refractivity contribution in [3.63, 3.8) is 0 Å². The number of halogens is 2. The summed E-state index contributed by atoms with van der Waals surface area (Å²) >= 11 is 12.7. The SMILES string of the molecule is CC#Cc1cc(Cl)c(C2C(=O)NC3(CCC(OC)CC3)C2=O)c(Cl)c1. The number of carbonyl (C=O) groups excluding carboxylic acids is 2. The summed E-state index contributed by atoms with van der Waals surface area (Å²) < 4.78 is 5.36. The molecule has 0 radical (unpaired) electrons. The summed E-state index contributed by atoms with van der Waals surface area (Å²) in [5.74, 6) is 4.20. The quantitative estimate of drug-likeness (QED) is 0.632. The summed E-state index contributed by atoms with van der Waals surface area (Å²) in [7, 11) is 1.67. The molecule has 1 unspecified atom stereocenters. The predicted molar refractivity (Wildman–Crippen MR) is 96.9 cm³/mol. The van der Waals surface area contributed by atoms with Gasteiger partial charge in [-0.05, 0) is 44.7 Å². The topological polar surface area (TPSA) is 55.4 Å². The van der Waals surface area contributed by atoms with E-state index in [2.05, 4.69) is 17.2 Å². The second-order valence-electron chi connectivity index (χ2n) is 6.53. The van der Waals surface area contributed by atoms with Crippen LogP contribution in [0, 0.1) is 11.8 Å². The van der Waals surface area contributed by atoms with Gasteiger partial charge in [0.1, 0.15) is 5.92 Å². The van der Waals surface area contributed by atoms with Crippen LogP contribution in [0.25, 0.3) is 0 Å². The van der Waals surface area contributed by atoms with Crippen molar-refractivity contribution in [3.05, 3.63) is 33.3 Å². The third-order valence-electron chi connectivity index (χ3n) is 5.12. The molecule has 1 amide bonds. The maximum absolute atomic E-state index is 13.1. The molecule has 3 rings (SSSR count). The molecule has 25 heavy (non-hydrogen) atoms. The van der Waals surface area contributed by atoms with Crippen LogP contribution in [0.2, 0.25) is 10.0 Å². The molecule has 1 N–H and O–H groups in total. The second-order valence-corrected chi connectivity index (χ2v) is 7.35. The molecule has 6 heteroatoms. The first kappa shape index (κ1) is 18.3. The average Bonchev–Trinajstić information content (AvgIpc) is 2.80. The maximum Gasteiger partial charge on any atom is 0.236 e. The van der Waals surface area contributed by atoms with Crippen molar-refractivity contribution in [1.82, 2.24) is 5.32 Å². The number of amides is 1. The molecule has 4 nitrogen and oxygen atoms in total. The Balaban J connectivity index is 1.95. The summed E-state index contributed by atoms with van der Waals surface area (Å²) in [4.78, 5) is 25.8. The number of nitrogens with one attached hydrogen (secondary N) is 1. The summed E-state index contributed by atoms with van der Waals surface area (Å²) in [6, 6.07) is 3.29. The molecular formula is C19H19Cl2NO3. The lowest BCUT2D eigenvalue weighted by molar-refractivity contribution is -0.126. The smallest absolute Gasteiger partial charge is 0.236 e. The molecular weight excluding hydrogens is 361 g/mol. The molecule has 1 spiro atoms. The normalized spacial score (nSPS) is 28.6. The zero-order valence-electron chi connectivity index (χ0n) is 14.1. The molecule has 0 aromatic heterocycles. The molecule has 1 saturated carbocycles. The van der Waals surface area contributed by atoms with Gasteiger partial charge in [-0.15, -0.1) is 5.92 Å². The molecule has 1 aliphatic carbocycles. The van der Waals surface area contributed by atoms with E-state index < -0.39 is 11.5 Å². The van der Waals surface area contributed by atoms with Gasteiger partial charge in [0.2, 0.25) is 5.91 Å². The van der Waals surface area contributed by atoms with Crippen molar-refractivity contribution in [2.75, 3.05) is 7.11 Å². The Morgan fingerprint density at radius 1 is 1.20 bits per heavy atom. The number of hydrogen-bond acceptors (Lipinski definition) is 3. The first-order valence-electron chi connectivity index (χ1n) is 8.22. The molecule has 1 aliphatic heterocycles. The van der Waals surface area contributed by atoms with E-state index in [0.717, 1.165) is 12.8 Å². The molecule has 0 bridgehead atoms. The van der Waals surface area contributed by atoms with E-state index in [-0.39, 0.29) is 17.8 Å². The minimum atomic E-state index is -0.970. The highest BCUT2D eigenvalue weighted by molar-refractivity contribution is 6.38. The monoisotopic (exact) mass is 379 g/mol. The van der Waals surface area contributed by atoms with Crippen LogP contribution < -0.4 is 5.32 Å². The van der Waals surface area contributed by atoms with Crippen molar-refractivity contribution in [1.29, 1.82) is 0 Å². The van der Waals surface area contributed by atoms with Crippen LogP contribution in [-0.4, -0.2) is 30.4 Å². The van der Waals surface area contributed by atoms with E-state index >= 15 is 0 Å². The fourth-order valence-corrected chi connectivity index (χ4v) is 4.50. The number of Topliss-reactive ketones (excluding diaryl/α,β-unsaturated/α-hetero) is 1. The predicted octanol–water partition coefficient (Wildman–Crippen LogP) is 3.48. The molecule has 1 aromatic carbocycles. The summed E-state index contributed by atoms with van der Waals surface area (Å²) in [6.07, 6.45) is 2.75. The fraction of sp³-hybridized carbons (Fsp3) is 0.474. The van der Waals surface area contributed by atoms with Gasteiger partial charge in [-0.25, -0.2) is 0 Å². The van der Waals surface area contributed by atoms with Gasteiger partial charge >= 0.3 is 0 Å². The fourth-order valence-electron chi connectivity index (χ4n) is 3.79. The molecule has 2 aliphatic rings. The van der Waals surface area contributed by atoms with E-state index in [1.54, 1.807) is 26.2 Å². The molecule has 1 aromatic rings. The van der Waals surface area contributed by atoms with Crippen molar-refractivity contribution in [2.45, 2.75) is 50.2 Å². The first-order valence-corrected chi connectivity index (χ1v) is 8.98. The van der Waals surface area contributed by atoms with Gasteiger partial charge in [-0.2, -0.15) is 0 Å². The summed E-state index contributed by atoms with van der Waals surface area (Å²) in [6.45, 7) is 1.71. The Labute approximate surface area is 157 Å². The Morgan fingerprint density at radius 3 is 2.32 bits per heavy atom. The summed E-state index contributed by atoms with van der Waals surface area (Å²) in [5.41, 5.74) is 0.200. The van der Waals surface area contributed by atoms with Gasteiger partial charge < -0.3 is 10.1 Å². The van der Waals surface area contributed by atoms with Gasteiger partial charge in [0.15, 0.2) is 5.78 Å². The number of rotatable bonds is 2. The lowest BCUT2D eigenvalue weighted by Crippen LogP contribution is -2.50. The van der Waals surface area contributed by atoms with Crippen molar-refractivity contribution in [2.24, 2.45) is 0 Å². The molecule has 132 valence electrons. The Hall–Kier alpha value is -1.54. The number of ether oxygens (including phenoxy) is 1. The van der Waals surface area contributed by atoms with Crippen LogP contribution >= 0.6 is 23.2 Å². The average molecular weight is 380 g/mol. The van der Waals surface area contributed by atoms with Gasteiger partial charge in [0.05, 0.1) is 11.6 Å². The van der Waals surface area contributed by atoms with Crippen LogP contribution in [0.1, 0.15) is 49.7 Å². The van der Waals surface area contributed by atoms with E-state index in [9.17, 15) is 9.59 Å². The van der Waals surface area contributed by atoms with Crippen LogP contribution in [0.4, 0.5) is 0 Å². The largest absolute Gasteiger partial charge is 0.381 e. The third-order valence-corrected chi connectivity index (χ3v) is 5.74. The number of benzene rings is 1. The van der Waals surface area contributed by atoms with E-state index in [0.29, 0.717) is 34.0 Å². The van der Waals surface area contributed by atoms with Crippen LogP contribution in [0.5, 0.6) is 0 Å². The third kappa shape index (κ3) is 3.17. The highest BCUT2D eigenvalue weighted by Gasteiger charge is 2.54. The van der Waals surface area contributed by atoms with Gasteiger partial charge in [-0.3, -0.25) is 9.59 Å². The van der Waals surface area contributed by atoms with E-state index in [1.165, 1.54) is 0 Å². The lowest BCUT2D eigenvalue weighted by Gasteiger charge is -2.35. The standard InChI is InChI=1S/C19H19Cl2NO3/c1-3-4-11-9-13(20)15(14(21)10-11)16-17(23)19(22-18(16)24)7-5-12(25-2)6-8-19/h9-10,12,16H,5-8H2,1-2H3,(H,22,24). The minimum Gasteiger partial charge on any atom is -0.381 e. The van der Waals surface area contributed by atoms with Crippen molar-refractivity contribution in [3.8, 4) is 11.8 Å². The van der Waals surface area contributed by atoms with E-state index in [4.69, 9.17) is 27.9 Å². The molecule has 1 atom stereocenters. The van der Waals surface area contributed by atoms with Crippen LogP contribution in [0.3, 0.4) is 0 Å². The lowest BCUT2D eigenvalue weighted by atomic mass is 9.76. The van der Waals surface area contributed by atoms with Crippen molar-refractivity contribution >= 4 is 34.9 Å². The van der Waals surface area contributed by atoms with Crippen LogP contribution in [-0.2, 0) is 14.3 Å². The Morgan fingerprint density at radius 2 is 1.80 bits per heavy atom. The zero-order valence-corrected chi connectivity index (χ0v) is 15.6. The minimum absolute atomic E-state index is 0.133. The highest BCUT2D eigenvalue weighted by Crippen LogP contribution is 2.43. The van der Waals surface area contributed by atoms with Crippen molar-refractivity contribution < 1.29 is 14.3 Å². The molecule has 1 heterocycles. The number of hydrogen-bond donors (Lipinski definition) is 1. The van der Waals surface area contributed by atoms with Gasteiger partial charge in [0.25, 0.3) is 0 Å².